The Labute approximate surface area is 143 Å². The summed E-state index contributed by atoms with van der Waals surface area (Å²) in [4.78, 5) is 27.7. The number of aryl methyl sites for hydroxylation is 1. The van der Waals surface area contributed by atoms with E-state index in [1.165, 1.54) is 6.07 Å². The van der Waals surface area contributed by atoms with E-state index < -0.39 is 23.7 Å². The highest BCUT2D eigenvalue weighted by molar-refractivity contribution is 5.96. The fourth-order valence-electron chi connectivity index (χ4n) is 2.77. The Bertz CT molecular complexity index is 934. The van der Waals surface area contributed by atoms with E-state index in [4.69, 9.17) is 5.73 Å². The molecule has 3 rings (SSSR count). The number of benzene rings is 1. The topological polar surface area (TPSA) is 90.0 Å². The van der Waals surface area contributed by atoms with E-state index in [2.05, 4.69) is 10.3 Å². The molecule has 2 aromatic heterocycles. The number of primary amides is 1. The number of halogens is 1. The van der Waals surface area contributed by atoms with Gasteiger partial charge in [-0.1, -0.05) is 18.2 Å². The van der Waals surface area contributed by atoms with Crippen molar-refractivity contribution in [2.24, 2.45) is 12.8 Å². The molecule has 1 aromatic carbocycles. The molecule has 0 radical (unpaired) electrons. The molecule has 3 N–H and O–H groups in total. The van der Waals surface area contributed by atoms with Crippen LogP contribution in [0, 0.1) is 5.82 Å². The fraction of sp³-hybridized carbons (Fsp3) is 0.167. The lowest BCUT2D eigenvalue weighted by Crippen LogP contribution is -2.46. The van der Waals surface area contributed by atoms with Crippen LogP contribution in [0.5, 0.6) is 0 Å². The molecule has 0 saturated carbocycles. The average molecular weight is 340 g/mol. The normalized spacial score (nSPS) is 12.1. The van der Waals surface area contributed by atoms with Crippen LogP contribution in [0.25, 0.3) is 10.9 Å². The monoisotopic (exact) mass is 340 g/mol. The first-order valence-corrected chi connectivity index (χ1v) is 7.70. The summed E-state index contributed by atoms with van der Waals surface area (Å²) in [6.45, 7) is 0. The van der Waals surface area contributed by atoms with Gasteiger partial charge in [-0.25, -0.2) is 9.37 Å². The van der Waals surface area contributed by atoms with Gasteiger partial charge < -0.3 is 15.6 Å². The van der Waals surface area contributed by atoms with Gasteiger partial charge in [0.15, 0.2) is 0 Å². The lowest BCUT2D eigenvalue weighted by Gasteiger charge is -2.15. The number of nitrogens with zero attached hydrogens (tertiary/aromatic N) is 2. The standard InChI is InChI=1S/C18H17FN4O2/c1-23-10-11(13-4-2-3-5-16(13)23)8-15(17(20)24)22-18(25)14-7-6-12(19)9-21-14/h2-7,9-10,15H,8H2,1H3,(H2,20,24)(H,22,25). The Morgan fingerprint density at radius 3 is 2.72 bits per heavy atom. The van der Waals surface area contributed by atoms with Crippen molar-refractivity contribution in [1.29, 1.82) is 0 Å². The zero-order valence-corrected chi connectivity index (χ0v) is 13.6. The van der Waals surface area contributed by atoms with Gasteiger partial charge in [-0.05, 0) is 23.8 Å². The lowest BCUT2D eigenvalue weighted by atomic mass is 10.0. The third-order valence-electron chi connectivity index (χ3n) is 4.01. The molecule has 0 aliphatic rings. The van der Waals surface area contributed by atoms with E-state index in [1.54, 1.807) is 0 Å². The molecule has 3 aromatic rings. The molecule has 2 amide bonds. The number of rotatable bonds is 5. The molecule has 0 aliphatic carbocycles. The summed E-state index contributed by atoms with van der Waals surface area (Å²) in [5.74, 6) is -1.77. The second kappa shape index (κ2) is 6.72. The quantitative estimate of drug-likeness (QED) is 0.738. The van der Waals surface area contributed by atoms with Crippen LogP contribution in [0.1, 0.15) is 16.1 Å². The Morgan fingerprint density at radius 2 is 2.04 bits per heavy atom. The maximum atomic E-state index is 12.9. The molecule has 6 nitrogen and oxygen atoms in total. The van der Waals surface area contributed by atoms with Crippen molar-refractivity contribution >= 4 is 22.7 Å². The third kappa shape index (κ3) is 3.50. The average Bonchev–Trinajstić information content (AvgIpc) is 2.91. The summed E-state index contributed by atoms with van der Waals surface area (Å²) >= 11 is 0. The van der Waals surface area contributed by atoms with Gasteiger partial charge in [0.1, 0.15) is 17.6 Å². The van der Waals surface area contributed by atoms with E-state index in [0.717, 1.165) is 28.7 Å². The van der Waals surface area contributed by atoms with Crippen LogP contribution in [-0.4, -0.2) is 27.4 Å². The third-order valence-corrected chi connectivity index (χ3v) is 4.01. The van der Waals surface area contributed by atoms with E-state index in [9.17, 15) is 14.0 Å². The van der Waals surface area contributed by atoms with Crippen molar-refractivity contribution in [3.8, 4) is 0 Å². The molecule has 0 spiro atoms. The number of hydrogen-bond donors (Lipinski definition) is 2. The molecule has 1 atom stereocenters. The van der Waals surface area contributed by atoms with E-state index in [1.807, 2.05) is 42.1 Å². The van der Waals surface area contributed by atoms with Gasteiger partial charge in [0, 0.05) is 30.6 Å². The van der Waals surface area contributed by atoms with Gasteiger partial charge in [-0.3, -0.25) is 9.59 Å². The number of nitrogens with one attached hydrogen (secondary N) is 1. The minimum Gasteiger partial charge on any atom is -0.368 e. The van der Waals surface area contributed by atoms with Gasteiger partial charge in [0.2, 0.25) is 5.91 Å². The van der Waals surface area contributed by atoms with Crippen molar-refractivity contribution in [1.82, 2.24) is 14.9 Å². The highest BCUT2D eigenvalue weighted by atomic mass is 19.1. The molecular formula is C18H17FN4O2. The van der Waals surface area contributed by atoms with Crippen LogP contribution in [-0.2, 0) is 18.3 Å². The first-order valence-electron chi connectivity index (χ1n) is 7.70. The number of amides is 2. The van der Waals surface area contributed by atoms with Gasteiger partial charge in [-0.2, -0.15) is 0 Å². The van der Waals surface area contributed by atoms with Crippen LogP contribution >= 0.6 is 0 Å². The Hall–Kier alpha value is -3.22. The Morgan fingerprint density at radius 1 is 1.28 bits per heavy atom. The fourth-order valence-corrected chi connectivity index (χ4v) is 2.77. The summed E-state index contributed by atoms with van der Waals surface area (Å²) in [6, 6.07) is 9.24. The van der Waals surface area contributed by atoms with E-state index in [0.29, 0.717) is 0 Å². The SMILES string of the molecule is Cn1cc(CC(NC(=O)c2ccc(F)cn2)C(N)=O)c2ccccc21. The van der Waals surface area contributed by atoms with Crippen molar-refractivity contribution in [2.45, 2.75) is 12.5 Å². The van der Waals surface area contributed by atoms with E-state index in [-0.39, 0.29) is 12.1 Å². The molecule has 128 valence electrons. The molecule has 0 aliphatic heterocycles. The predicted molar refractivity (Wildman–Crippen MR) is 91.3 cm³/mol. The number of hydrogen-bond acceptors (Lipinski definition) is 3. The second-order valence-corrected chi connectivity index (χ2v) is 5.78. The van der Waals surface area contributed by atoms with Crippen LogP contribution < -0.4 is 11.1 Å². The highest BCUT2D eigenvalue weighted by Crippen LogP contribution is 2.21. The van der Waals surface area contributed by atoms with Crippen molar-refractivity contribution in [3.63, 3.8) is 0 Å². The molecule has 2 heterocycles. The van der Waals surface area contributed by atoms with Crippen LogP contribution in [0.4, 0.5) is 4.39 Å². The van der Waals surface area contributed by atoms with Gasteiger partial charge in [0.25, 0.3) is 5.91 Å². The summed E-state index contributed by atoms with van der Waals surface area (Å²) in [5, 5.41) is 3.56. The number of aromatic nitrogens is 2. The summed E-state index contributed by atoms with van der Waals surface area (Å²) in [7, 11) is 1.91. The summed E-state index contributed by atoms with van der Waals surface area (Å²) in [5.41, 5.74) is 7.38. The van der Waals surface area contributed by atoms with Gasteiger partial charge in [-0.15, -0.1) is 0 Å². The minimum atomic E-state index is -0.898. The first-order chi connectivity index (χ1) is 12.0. The zero-order chi connectivity index (χ0) is 18.0. The molecular weight excluding hydrogens is 323 g/mol. The van der Waals surface area contributed by atoms with Crippen molar-refractivity contribution in [3.05, 3.63) is 65.9 Å². The number of fused-ring (bicyclic) bond motifs is 1. The smallest absolute Gasteiger partial charge is 0.270 e. The van der Waals surface area contributed by atoms with Crippen molar-refractivity contribution < 1.29 is 14.0 Å². The summed E-state index contributed by atoms with van der Waals surface area (Å²) in [6.07, 6.45) is 3.10. The molecule has 0 fully saturated rings. The number of carbonyl (C=O) groups excluding carboxylic acids is 2. The number of carbonyl (C=O) groups is 2. The Balaban J connectivity index is 1.83. The van der Waals surface area contributed by atoms with Crippen LogP contribution in [0.2, 0.25) is 0 Å². The van der Waals surface area contributed by atoms with Crippen LogP contribution in [0.3, 0.4) is 0 Å². The minimum absolute atomic E-state index is 0.0190. The largest absolute Gasteiger partial charge is 0.368 e. The summed E-state index contributed by atoms with van der Waals surface area (Å²) < 4.78 is 14.9. The van der Waals surface area contributed by atoms with Crippen LogP contribution in [0.15, 0.2) is 48.8 Å². The highest BCUT2D eigenvalue weighted by Gasteiger charge is 2.22. The van der Waals surface area contributed by atoms with Crippen molar-refractivity contribution in [2.75, 3.05) is 0 Å². The predicted octanol–water partition coefficient (Wildman–Crippen LogP) is 1.54. The molecule has 0 saturated heterocycles. The number of pyridine rings is 1. The first kappa shape index (κ1) is 16.6. The molecule has 1 unspecified atom stereocenters. The van der Waals surface area contributed by atoms with E-state index >= 15 is 0 Å². The maximum absolute atomic E-state index is 12.9. The molecule has 0 bridgehead atoms. The lowest BCUT2D eigenvalue weighted by molar-refractivity contribution is -0.119. The molecule has 7 heteroatoms. The second-order valence-electron chi connectivity index (χ2n) is 5.78. The number of para-hydroxylation sites is 1. The number of nitrogens with two attached hydrogens (primary N) is 1. The van der Waals surface area contributed by atoms with Gasteiger partial charge >= 0.3 is 0 Å². The zero-order valence-electron chi connectivity index (χ0n) is 13.6. The maximum Gasteiger partial charge on any atom is 0.270 e. The van der Waals surface area contributed by atoms with Gasteiger partial charge in [0.05, 0.1) is 6.20 Å². The Kier molecular flexibility index (Phi) is 4.47. The molecule has 25 heavy (non-hydrogen) atoms.